The lowest BCUT2D eigenvalue weighted by atomic mass is 10.2. The van der Waals surface area contributed by atoms with Gasteiger partial charge in [0.2, 0.25) is 5.91 Å². The Kier molecular flexibility index (Phi) is 5.01. The van der Waals surface area contributed by atoms with Crippen LogP contribution in [0.2, 0.25) is 5.02 Å². The molecule has 1 unspecified atom stereocenters. The number of carbonyl (C=O) groups is 1. The molecule has 0 aliphatic carbocycles. The van der Waals surface area contributed by atoms with Crippen molar-refractivity contribution in [1.82, 2.24) is 19.6 Å². The number of rotatable bonds is 5. The van der Waals surface area contributed by atoms with Crippen LogP contribution < -0.4 is 5.32 Å². The van der Waals surface area contributed by atoms with Crippen molar-refractivity contribution in [1.29, 1.82) is 0 Å². The number of hydrogen-bond acceptors (Lipinski definition) is 3. The van der Waals surface area contributed by atoms with Crippen molar-refractivity contribution in [3.05, 3.63) is 64.0 Å². The summed E-state index contributed by atoms with van der Waals surface area (Å²) in [7, 11) is 0. The van der Waals surface area contributed by atoms with Crippen LogP contribution in [-0.4, -0.2) is 25.5 Å². The highest BCUT2D eigenvalue weighted by atomic mass is 79.9. The van der Waals surface area contributed by atoms with Crippen molar-refractivity contribution in [3.8, 4) is 0 Å². The molecule has 1 amide bonds. The molecule has 3 rings (SSSR count). The zero-order valence-electron chi connectivity index (χ0n) is 12.9. The van der Waals surface area contributed by atoms with Crippen molar-refractivity contribution >= 4 is 39.3 Å². The number of hydrogen-bond donors (Lipinski definition) is 1. The maximum atomic E-state index is 12.3. The summed E-state index contributed by atoms with van der Waals surface area (Å²) in [4.78, 5) is 12.3. The molecule has 0 spiro atoms. The second-order valence-corrected chi connectivity index (χ2v) is 6.62. The number of benzene rings is 1. The summed E-state index contributed by atoms with van der Waals surface area (Å²) < 4.78 is 4.14. The standard InChI is InChI=1S/C16H15BrClN5O/c1-11(23-10-13(17)8-19-23)16(24)20-15-6-7-22(21-15)9-12-4-2-3-5-14(12)18/h2-8,10-11H,9H2,1H3,(H,20,21,24). The minimum atomic E-state index is -0.440. The molecule has 3 aromatic rings. The fraction of sp³-hybridized carbons (Fsp3) is 0.188. The van der Waals surface area contributed by atoms with Gasteiger partial charge in [0, 0.05) is 23.5 Å². The summed E-state index contributed by atoms with van der Waals surface area (Å²) in [6, 6.07) is 8.91. The molecular formula is C16H15BrClN5O. The molecule has 0 fully saturated rings. The van der Waals surface area contributed by atoms with Gasteiger partial charge in [0.25, 0.3) is 0 Å². The minimum Gasteiger partial charge on any atom is -0.307 e. The Morgan fingerprint density at radius 2 is 2.17 bits per heavy atom. The van der Waals surface area contributed by atoms with Crippen LogP contribution in [0.25, 0.3) is 0 Å². The summed E-state index contributed by atoms with van der Waals surface area (Å²) in [5.41, 5.74) is 0.968. The molecule has 2 heterocycles. The van der Waals surface area contributed by atoms with Crippen molar-refractivity contribution < 1.29 is 4.79 Å². The number of anilines is 1. The van der Waals surface area contributed by atoms with E-state index in [-0.39, 0.29) is 5.91 Å². The predicted molar refractivity (Wildman–Crippen MR) is 96.0 cm³/mol. The van der Waals surface area contributed by atoms with Crippen LogP contribution in [0, 0.1) is 0 Å². The number of amides is 1. The van der Waals surface area contributed by atoms with Gasteiger partial charge in [-0.1, -0.05) is 29.8 Å². The van der Waals surface area contributed by atoms with Gasteiger partial charge in [-0.15, -0.1) is 0 Å². The van der Waals surface area contributed by atoms with E-state index in [2.05, 4.69) is 31.4 Å². The number of nitrogens with zero attached hydrogens (tertiary/aromatic N) is 4. The van der Waals surface area contributed by atoms with Crippen molar-refractivity contribution in [2.24, 2.45) is 0 Å². The number of aromatic nitrogens is 4. The third kappa shape index (κ3) is 3.85. The maximum Gasteiger partial charge on any atom is 0.250 e. The van der Waals surface area contributed by atoms with Gasteiger partial charge in [-0.05, 0) is 34.5 Å². The lowest BCUT2D eigenvalue weighted by Gasteiger charge is -2.11. The maximum absolute atomic E-state index is 12.3. The van der Waals surface area contributed by atoms with E-state index in [9.17, 15) is 4.79 Å². The van der Waals surface area contributed by atoms with Crippen molar-refractivity contribution in [2.45, 2.75) is 19.5 Å². The summed E-state index contributed by atoms with van der Waals surface area (Å²) in [5, 5.41) is 12.0. The van der Waals surface area contributed by atoms with Crippen molar-refractivity contribution in [3.63, 3.8) is 0 Å². The molecule has 24 heavy (non-hydrogen) atoms. The molecule has 0 saturated carbocycles. The number of halogens is 2. The quantitative estimate of drug-likeness (QED) is 0.699. The van der Waals surface area contributed by atoms with Gasteiger partial charge in [0.05, 0.1) is 17.2 Å². The average Bonchev–Trinajstić information content (AvgIpc) is 3.18. The SMILES string of the molecule is CC(C(=O)Nc1ccn(Cc2ccccc2Cl)n1)n1cc(Br)cn1. The van der Waals surface area contributed by atoms with Crippen molar-refractivity contribution in [2.75, 3.05) is 5.32 Å². The molecular weight excluding hydrogens is 394 g/mol. The molecule has 1 atom stereocenters. The van der Waals surface area contributed by atoms with Crippen LogP contribution in [0.4, 0.5) is 5.82 Å². The molecule has 8 heteroatoms. The lowest BCUT2D eigenvalue weighted by molar-refractivity contribution is -0.119. The number of carbonyl (C=O) groups excluding carboxylic acids is 1. The molecule has 0 aliphatic heterocycles. The van der Waals surface area contributed by atoms with E-state index in [4.69, 9.17) is 11.6 Å². The van der Waals surface area contributed by atoms with Gasteiger partial charge in [0.1, 0.15) is 6.04 Å². The lowest BCUT2D eigenvalue weighted by Crippen LogP contribution is -2.24. The van der Waals surface area contributed by atoms with E-state index in [1.54, 1.807) is 40.9 Å². The van der Waals surface area contributed by atoms with E-state index < -0.39 is 6.04 Å². The van der Waals surface area contributed by atoms with E-state index in [0.29, 0.717) is 17.4 Å². The Balaban J connectivity index is 1.65. The van der Waals surface area contributed by atoms with E-state index >= 15 is 0 Å². The molecule has 0 aliphatic rings. The summed E-state index contributed by atoms with van der Waals surface area (Å²) in [6.07, 6.45) is 5.19. The van der Waals surface area contributed by atoms with Gasteiger partial charge in [-0.3, -0.25) is 14.2 Å². The van der Waals surface area contributed by atoms with Gasteiger partial charge < -0.3 is 5.32 Å². The molecule has 1 N–H and O–H groups in total. The van der Waals surface area contributed by atoms with Crippen LogP contribution in [-0.2, 0) is 11.3 Å². The first-order chi connectivity index (χ1) is 11.5. The van der Waals surface area contributed by atoms with Gasteiger partial charge in [-0.25, -0.2) is 0 Å². The van der Waals surface area contributed by atoms with Gasteiger partial charge in [0.15, 0.2) is 5.82 Å². The van der Waals surface area contributed by atoms with Gasteiger partial charge >= 0.3 is 0 Å². The Morgan fingerprint density at radius 1 is 1.38 bits per heavy atom. The highest BCUT2D eigenvalue weighted by Gasteiger charge is 2.17. The molecule has 0 saturated heterocycles. The molecule has 1 aromatic carbocycles. The smallest absolute Gasteiger partial charge is 0.250 e. The summed E-state index contributed by atoms with van der Waals surface area (Å²) >= 11 is 9.47. The highest BCUT2D eigenvalue weighted by molar-refractivity contribution is 9.10. The summed E-state index contributed by atoms with van der Waals surface area (Å²) in [5.74, 6) is 0.304. The Bertz CT molecular complexity index is 860. The molecule has 0 radical (unpaired) electrons. The van der Waals surface area contributed by atoms with E-state index in [0.717, 1.165) is 10.0 Å². The van der Waals surface area contributed by atoms with Crippen LogP contribution in [0.3, 0.4) is 0 Å². The zero-order valence-corrected chi connectivity index (χ0v) is 15.2. The monoisotopic (exact) mass is 407 g/mol. The van der Waals surface area contributed by atoms with E-state index in [1.807, 2.05) is 24.3 Å². The zero-order chi connectivity index (χ0) is 17.1. The second-order valence-electron chi connectivity index (χ2n) is 5.29. The highest BCUT2D eigenvalue weighted by Crippen LogP contribution is 2.17. The number of nitrogens with one attached hydrogen (secondary N) is 1. The molecule has 0 bridgehead atoms. The minimum absolute atomic E-state index is 0.186. The Labute approximate surface area is 152 Å². The van der Waals surface area contributed by atoms with Gasteiger partial charge in [-0.2, -0.15) is 10.2 Å². The first kappa shape index (κ1) is 16.7. The molecule has 124 valence electrons. The normalized spacial score (nSPS) is 12.1. The second kappa shape index (κ2) is 7.19. The third-order valence-electron chi connectivity index (χ3n) is 3.53. The fourth-order valence-electron chi connectivity index (χ4n) is 2.20. The van der Waals surface area contributed by atoms with Crippen LogP contribution in [0.1, 0.15) is 18.5 Å². The topological polar surface area (TPSA) is 64.7 Å². The largest absolute Gasteiger partial charge is 0.307 e. The first-order valence-electron chi connectivity index (χ1n) is 7.30. The average molecular weight is 409 g/mol. The van der Waals surface area contributed by atoms with E-state index in [1.165, 1.54) is 0 Å². The van der Waals surface area contributed by atoms with Crippen LogP contribution >= 0.6 is 27.5 Å². The molecule has 6 nitrogen and oxygen atoms in total. The fourth-order valence-corrected chi connectivity index (χ4v) is 2.69. The first-order valence-corrected chi connectivity index (χ1v) is 8.47. The third-order valence-corrected chi connectivity index (χ3v) is 4.31. The Hall–Kier alpha value is -2.12. The predicted octanol–water partition coefficient (Wildman–Crippen LogP) is 3.74. The summed E-state index contributed by atoms with van der Waals surface area (Å²) in [6.45, 7) is 2.31. The van der Waals surface area contributed by atoms with Crippen LogP contribution in [0.5, 0.6) is 0 Å². The van der Waals surface area contributed by atoms with Crippen LogP contribution in [0.15, 0.2) is 53.4 Å². The molecule has 2 aromatic heterocycles. The Morgan fingerprint density at radius 3 is 2.88 bits per heavy atom.